The monoisotopic (exact) mass is 621 g/mol. The van der Waals surface area contributed by atoms with Crippen molar-refractivity contribution in [3.63, 3.8) is 0 Å². The molecule has 0 radical (unpaired) electrons. The average Bonchev–Trinajstić information content (AvgIpc) is 2.95. The quantitative estimate of drug-likeness (QED) is 0.303. The van der Waals surface area contributed by atoms with Gasteiger partial charge in [-0.2, -0.15) is 0 Å². The van der Waals surface area contributed by atoms with Gasteiger partial charge in [0.05, 0.1) is 24.8 Å². The number of aryl methyl sites for hydroxylation is 1. The van der Waals surface area contributed by atoms with Crippen molar-refractivity contribution in [2.45, 2.75) is 38.3 Å². The van der Waals surface area contributed by atoms with Gasteiger partial charge >= 0.3 is 0 Å². The van der Waals surface area contributed by atoms with Gasteiger partial charge in [0.15, 0.2) is 11.5 Å². The summed E-state index contributed by atoms with van der Waals surface area (Å²) in [5.41, 5.74) is 1.59. The first-order valence-electron chi connectivity index (χ1n) is 12.8. The van der Waals surface area contributed by atoms with Gasteiger partial charge in [-0.3, -0.25) is 13.9 Å². The summed E-state index contributed by atoms with van der Waals surface area (Å²) in [7, 11) is -1.35. The standard InChI is InChI=1S/C29H33Cl2N3O6S/c1-6-32-29(36)20(3)33(17-21-9-10-22(30)15-25(21)31)28(35)18-34(23-11-14-26(39-4)27(16-23)40-5)41(37,38)24-12-7-19(2)8-13-24/h7-16,20H,6,17-18H2,1-5H3,(H,32,36). The van der Waals surface area contributed by atoms with E-state index in [9.17, 15) is 18.0 Å². The first-order valence-corrected chi connectivity index (χ1v) is 14.9. The molecule has 0 aliphatic rings. The number of ether oxygens (including phenoxy) is 2. The molecule has 3 rings (SSSR count). The summed E-state index contributed by atoms with van der Waals surface area (Å²) in [6.07, 6.45) is 0. The average molecular weight is 623 g/mol. The lowest BCUT2D eigenvalue weighted by Crippen LogP contribution is -2.51. The van der Waals surface area contributed by atoms with E-state index in [2.05, 4.69) is 5.32 Å². The molecule has 0 bridgehead atoms. The maximum Gasteiger partial charge on any atom is 0.264 e. The largest absolute Gasteiger partial charge is 0.493 e. The number of rotatable bonds is 12. The molecule has 1 N–H and O–H groups in total. The lowest BCUT2D eigenvalue weighted by Gasteiger charge is -2.32. The van der Waals surface area contributed by atoms with Gasteiger partial charge in [-0.05, 0) is 62.7 Å². The lowest BCUT2D eigenvalue weighted by molar-refractivity contribution is -0.139. The number of halogens is 2. The number of methoxy groups -OCH3 is 2. The topological polar surface area (TPSA) is 105 Å². The molecule has 1 atom stereocenters. The van der Waals surface area contributed by atoms with Crippen LogP contribution in [0.15, 0.2) is 65.6 Å². The van der Waals surface area contributed by atoms with E-state index >= 15 is 0 Å². The molecule has 220 valence electrons. The molecule has 0 saturated heterocycles. The van der Waals surface area contributed by atoms with Crippen LogP contribution in [-0.2, 0) is 26.2 Å². The molecule has 0 fully saturated rings. The first-order chi connectivity index (χ1) is 19.4. The Morgan fingerprint density at radius 1 is 0.951 bits per heavy atom. The maximum absolute atomic E-state index is 14.0. The lowest BCUT2D eigenvalue weighted by atomic mass is 10.1. The van der Waals surface area contributed by atoms with Gasteiger partial charge in [-0.25, -0.2) is 8.42 Å². The number of carbonyl (C=O) groups is 2. The van der Waals surface area contributed by atoms with E-state index in [1.807, 2.05) is 6.92 Å². The Labute approximate surface area is 251 Å². The van der Waals surface area contributed by atoms with E-state index in [0.717, 1.165) is 9.87 Å². The van der Waals surface area contributed by atoms with Crippen molar-refractivity contribution in [1.82, 2.24) is 10.2 Å². The number of hydrogen-bond donors (Lipinski definition) is 1. The maximum atomic E-state index is 14.0. The number of sulfonamides is 1. The highest BCUT2D eigenvalue weighted by Gasteiger charge is 2.33. The van der Waals surface area contributed by atoms with Crippen molar-refractivity contribution in [2.75, 3.05) is 31.6 Å². The van der Waals surface area contributed by atoms with Gasteiger partial charge < -0.3 is 19.7 Å². The third-order valence-electron chi connectivity index (χ3n) is 6.42. The van der Waals surface area contributed by atoms with Crippen LogP contribution in [-0.4, -0.2) is 58.5 Å². The summed E-state index contributed by atoms with van der Waals surface area (Å²) < 4.78 is 39.6. The highest BCUT2D eigenvalue weighted by atomic mass is 35.5. The van der Waals surface area contributed by atoms with E-state index < -0.39 is 34.4 Å². The molecule has 0 saturated carbocycles. The van der Waals surface area contributed by atoms with Gasteiger partial charge in [-0.1, -0.05) is 47.0 Å². The zero-order chi connectivity index (χ0) is 30.3. The zero-order valence-corrected chi connectivity index (χ0v) is 25.8. The van der Waals surface area contributed by atoms with E-state index in [-0.39, 0.29) is 22.9 Å². The molecule has 0 spiro atoms. The van der Waals surface area contributed by atoms with Gasteiger partial charge in [0.25, 0.3) is 10.0 Å². The highest BCUT2D eigenvalue weighted by molar-refractivity contribution is 7.92. The number of hydrogen-bond acceptors (Lipinski definition) is 6. The van der Waals surface area contributed by atoms with Gasteiger partial charge in [0.1, 0.15) is 12.6 Å². The molecule has 0 aliphatic carbocycles. The van der Waals surface area contributed by atoms with Crippen molar-refractivity contribution in [3.8, 4) is 11.5 Å². The zero-order valence-electron chi connectivity index (χ0n) is 23.5. The third kappa shape index (κ3) is 7.63. The van der Waals surface area contributed by atoms with Crippen LogP contribution in [0.3, 0.4) is 0 Å². The van der Waals surface area contributed by atoms with Crippen LogP contribution in [0.5, 0.6) is 11.5 Å². The normalized spacial score (nSPS) is 11.9. The van der Waals surface area contributed by atoms with Crippen molar-refractivity contribution >= 4 is 50.7 Å². The Hall–Kier alpha value is -3.47. The second-order valence-corrected chi connectivity index (χ2v) is 11.9. The Bertz CT molecular complexity index is 1500. The Balaban J connectivity index is 2.11. The van der Waals surface area contributed by atoms with Crippen LogP contribution in [0.2, 0.25) is 10.0 Å². The number of likely N-dealkylation sites (N-methyl/N-ethyl adjacent to an activating group) is 1. The van der Waals surface area contributed by atoms with Crippen molar-refractivity contribution in [1.29, 1.82) is 0 Å². The summed E-state index contributed by atoms with van der Waals surface area (Å²) >= 11 is 12.4. The summed E-state index contributed by atoms with van der Waals surface area (Å²) in [5, 5.41) is 3.44. The number of carbonyl (C=O) groups excluding carboxylic acids is 2. The van der Waals surface area contributed by atoms with Crippen LogP contribution in [0.4, 0.5) is 5.69 Å². The second-order valence-electron chi connectivity index (χ2n) is 9.19. The first kappa shape index (κ1) is 32.0. The fourth-order valence-corrected chi connectivity index (χ4v) is 5.96. The number of nitrogens with zero attached hydrogens (tertiary/aromatic N) is 2. The van der Waals surface area contributed by atoms with Crippen LogP contribution in [0.1, 0.15) is 25.0 Å². The fraction of sp³-hybridized carbons (Fsp3) is 0.310. The molecule has 12 heteroatoms. The number of amides is 2. The Morgan fingerprint density at radius 2 is 1.61 bits per heavy atom. The molecule has 41 heavy (non-hydrogen) atoms. The predicted molar refractivity (Wildman–Crippen MR) is 160 cm³/mol. The minimum atomic E-state index is -4.24. The van der Waals surface area contributed by atoms with Crippen LogP contribution in [0, 0.1) is 6.92 Å². The van der Waals surface area contributed by atoms with Crippen molar-refractivity contribution in [3.05, 3.63) is 81.8 Å². The predicted octanol–water partition coefficient (Wildman–Crippen LogP) is 5.07. The van der Waals surface area contributed by atoms with Crippen molar-refractivity contribution in [2.24, 2.45) is 0 Å². The SMILES string of the molecule is CCNC(=O)C(C)N(Cc1ccc(Cl)cc1Cl)C(=O)CN(c1ccc(OC)c(OC)c1)S(=O)(=O)c1ccc(C)cc1. The molecule has 0 aliphatic heterocycles. The number of benzene rings is 3. The molecule has 3 aromatic rings. The molecule has 0 aromatic heterocycles. The van der Waals surface area contributed by atoms with E-state index in [0.29, 0.717) is 27.9 Å². The summed E-state index contributed by atoms with van der Waals surface area (Å²) in [6.45, 7) is 4.86. The molecular weight excluding hydrogens is 589 g/mol. The molecule has 0 heterocycles. The molecular formula is C29H33Cl2N3O6S. The summed E-state index contributed by atoms with van der Waals surface area (Å²) in [5.74, 6) is -0.355. The minimum Gasteiger partial charge on any atom is -0.493 e. The van der Waals surface area contributed by atoms with E-state index in [1.165, 1.54) is 49.5 Å². The molecule has 9 nitrogen and oxygen atoms in total. The van der Waals surface area contributed by atoms with E-state index in [1.54, 1.807) is 44.2 Å². The molecule has 2 amide bonds. The van der Waals surface area contributed by atoms with Crippen LogP contribution < -0.4 is 19.1 Å². The molecule has 1 unspecified atom stereocenters. The number of anilines is 1. The fourth-order valence-electron chi connectivity index (χ4n) is 4.08. The highest BCUT2D eigenvalue weighted by Crippen LogP contribution is 2.34. The smallest absolute Gasteiger partial charge is 0.264 e. The Morgan fingerprint density at radius 3 is 2.20 bits per heavy atom. The van der Waals surface area contributed by atoms with Gasteiger partial charge in [-0.15, -0.1) is 0 Å². The summed E-state index contributed by atoms with van der Waals surface area (Å²) in [6, 6.07) is 14.7. The van der Waals surface area contributed by atoms with Crippen LogP contribution in [0.25, 0.3) is 0 Å². The Kier molecular flexibility index (Phi) is 10.9. The third-order valence-corrected chi connectivity index (χ3v) is 8.79. The second kappa shape index (κ2) is 13.9. The van der Waals surface area contributed by atoms with Crippen LogP contribution >= 0.6 is 23.2 Å². The van der Waals surface area contributed by atoms with Crippen molar-refractivity contribution < 1.29 is 27.5 Å². The number of nitrogens with one attached hydrogen (secondary N) is 1. The van der Waals surface area contributed by atoms with Gasteiger partial charge in [0, 0.05) is 29.2 Å². The molecule has 3 aromatic carbocycles. The minimum absolute atomic E-state index is 0.00486. The summed E-state index contributed by atoms with van der Waals surface area (Å²) in [4.78, 5) is 28.1. The van der Waals surface area contributed by atoms with Gasteiger partial charge in [0.2, 0.25) is 11.8 Å². The van der Waals surface area contributed by atoms with E-state index in [4.69, 9.17) is 32.7 Å².